The molecular weight excluding hydrogens is 232 g/mol. The van der Waals surface area contributed by atoms with Crippen LogP contribution in [0.4, 0.5) is 5.69 Å². The maximum atomic E-state index is 5.52. The monoisotopic (exact) mass is 252 g/mol. The minimum atomic E-state index is -0.0510. The van der Waals surface area contributed by atoms with E-state index in [2.05, 4.69) is 31.4 Å². The van der Waals surface area contributed by atoms with Gasteiger partial charge in [0.15, 0.2) is 5.11 Å². The van der Waals surface area contributed by atoms with Gasteiger partial charge in [0.05, 0.1) is 12.3 Å². The van der Waals surface area contributed by atoms with Crippen LogP contribution < -0.4 is 15.4 Å². The third-order valence-corrected chi connectivity index (χ3v) is 2.13. The average molecular weight is 252 g/mol. The second-order valence-corrected chi connectivity index (χ2v) is 5.17. The lowest BCUT2D eigenvalue weighted by Gasteiger charge is -2.23. The Balaban J connectivity index is 2.71. The first-order valence-corrected chi connectivity index (χ1v) is 6.14. The van der Waals surface area contributed by atoms with Crippen molar-refractivity contribution in [3.63, 3.8) is 0 Å². The number of hydrogen-bond acceptors (Lipinski definition) is 2. The zero-order chi connectivity index (χ0) is 12.9. The molecule has 0 aliphatic rings. The number of nitrogens with one attached hydrogen (secondary N) is 2. The van der Waals surface area contributed by atoms with Crippen molar-refractivity contribution in [2.24, 2.45) is 0 Å². The minimum Gasteiger partial charge on any atom is -0.492 e. The summed E-state index contributed by atoms with van der Waals surface area (Å²) >= 11 is 5.25. The van der Waals surface area contributed by atoms with Crippen molar-refractivity contribution in [1.29, 1.82) is 0 Å². The number of thiocarbonyl (C=S) groups is 1. The molecule has 0 radical (unpaired) electrons. The second-order valence-electron chi connectivity index (χ2n) is 4.76. The van der Waals surface area contributed by atoms with Gasteiger partial charge in [-0.1, -0.05) is 12.1 Å². The van der Waals surface area contributed by atoms with Gasteiger partial charge in [0.1, 0.15) is 5.75 Å². The molecule has 1 aromatic rings. The number of hydrogen-bond donors (Lipinski definition) is 2. The molecule has 0 saturated heterocycles. The smallest absolute Gasteiger partial charge is 0.171 e. The molecule has 3 nitrogen and oxygen atoms in total. The van der Waals surface area contributed by atoms with Crippen molar-refractivity contribution in [2.45, 2.75) is 33.2 Å². The van der Waals surface area contributed by atoms with Crippen LogP contribution in [0.2, 0.25) is 0 Å². The van der Waals surface area contributed by atoms with E-state index in [-0.39, 0.29) is 5.54 Å². The summed E-state index contributed by atoms with van der Waals surface area (Å²) in [7, 11) is 0. The summed E-state index contributed by atoms with van der Waals surface area (Å²) in [6.45, 7) is 8.79. The average Bonchev–Trinajstić information content (AvgIpc) is 2.18. The van der Waals surface area contributed by atoms with E-state index in [1.54, 1.807) is 0 Å². The molecule has 4 heteroatoms. The summed E-state index contributed by atoms with van der Waals surface area (Å²) in [5.74, 6) is 0.813. The Hall–Kier alpha value is -1.29. The van der Waals surface area contributed by atoms with E-state index in [0.29, 0.717) is 11.7 Å². The SMILES string of the molecule is CCOc1ccccc1NC(=S)NC(C)(C)C. The summed E-state index contributed by atoms with van der Waals surface area (Å²) in [4.78, 5) is 0. The Bertz CT molecular complexity index is 385. The molecule has 0 unspecified atom stereocenters. The number of anilines is 1. The van der Waals surface area contributed by atoms with Crippen molar-refractivity contribution >= 4 is 23.0 Å². The van der Waals surface area contributed by atoms with Crippen LogP contribution in [0.15, 0.2) is 24.3 Å². The Labute approximate surface area is 109 Å². The first-order valence-electron chi connectivity index (χ1n) is 5.73. The van der Waals surface area contributed by atoms with Crippen LogP contribution in [0, 0.1) is 0 Å². The normalized spacial score (nSPS) is 10.8. The molecule has 94 valence electrons. The van der Waals surface area contributed by atoms with E-state index in [1.807, 2.05) is 31.2 Å². The summed E-state index contributed by atoms with van der Waals surface area (Å²) in [6.07, 6.45) is 0. The molecule has 1 rings (SSSR count). The van der Waals surface area contributed by atoms with E-state index in [0.717, 1.165) is 11.4 Å². The molecule has 17 heavy (non-hydrogen) atoms. The highest BCUT2D eigenvalue weighted by molar-refractivity contribution is 7.80. The zero-order valence-electron chi connectivity index (χ0n) is 10.8. The predicted octanol–water partition coefficient (Wildman–Crippen LogP) is 3.17. The molecule has 0 atom stereocenters. The van der Waals surface area contributed by atoms with Crippen molar-refractivity contribution in [2.75, 3.05) is 11.9 Å². The van der Waals surface area contributed by atoms with Crippen molar-refractivity contribution in [3.05, 3.63) is 24.3 Å². The van der Waals surface area contributed by atoms with Gasteiger partial charge in [-0.3, -0.25) is 0 Å². The van der Waals surface area contributed by atoms with E-state index < -0.39 is 0 Å². The van der Waals surface area contributed by atoms with Gasteiger partial charge in [0.2, 0.25) is 0 Å². The third kappa shape index (κ3) is 5.04. The maximum absolute atomic E-state index is 5.52. The Kier molecular flexibility index (Phi) is 4.75. The minimum absolute atomic E-state index is 0.0510. The lowest BCUT2D eigenvalue weighted by molar-refractivity contribution is 0.342. The number of para-hydroxylation sites is 2. The summed E-state index contributed by atoms with van der Waals surface area (Å²) in [6, 6.07) is 7.76. The van der Waals surface area contributed by atoms with Crippen LogP contribution in [0.25, 0.3) is 0 Å². The molecule has 0 heterocycles. The van der Waals surface area contributed by atoms with Gasteiger partial charge in [-0.2, -0.15) is 0 Å². The van der Waals surface area contributed by atoms with Crippen LogP contribution in [-0.2, 0) is 0 Å². The first kappa shape index (κ1) is 13.8. The number of rotatable bonds is 3. The molecule has 0 saturated carbocycles. The fourth-order valence-electron chi connectivity index (χ4n) is 1.35. The molecule has 0 aromatic heterocycles. The van der Waals surface area contributed by atoms with Crippen molar-refractivity contribution < 1.29 is 4.74 Å². The van der Waals surface area contributed by atoms with Gasteiger partial charge in [-0.05, 0) is 52.0 Å². The second kappa shape index (κ2) is 5.87. The van der Waals surface area contributed by atoms with Gasteiger partial charge in [-0.15, -0.1) is 0 Å². The third-order valence-electron chi connectivity index (χ3n) is 1.92. The van der Waals surface area contributed by atoms with E-state index in [9.17, 15) is 0 Å². The highest BCUT2D eigenvalue weighted by atomic mass is 32.1. The first-order chi connectivity index (χ1) is 7.92. The van der Waals surface area contributed by atoms with Crippen molar-refractivity contribution in [1.82, 2.24) is 5.32 Å². The van der Waals surface area contributed by atoms with Crippen LogP contribution in [0.5, 0.6) is 5.75 Å². The van der Waals surface area contributed by atoms with Crippen LogP contribution >= 0.6 is 12.2 Å². The number of benzene rings is 1. The highest BCUT2D eigenvalue weighted by Gasteiger charge is 2.12. The van der Waals surface area contributed by atoms with Gasteiger partial charge in [-0.25, -0.2) is 0 Å². The summed E-state index contributed by atoms with van der Waals surface area (Å²) in [5, 5.41) is 6.95. The summed E-state index contributed by atoms with van der Waals surface area (Å²) < 4.78 is 5.52. The van der Waals surface area contributed by atoms with Gasteiger partial charge >= 0.3 is 0 Å². The van der Waals surface area contributed by atoms with Crippen LogP contribution in [-0.4, -0.2) is 17.3 Å². The van der Waals surface area contributed by atoms with Crippen LogP contribution in [0.3, 0.4) is 0 Å². The summed E-state index contributed by atoms with van der Waals surface area (Å²) in [5.41, 5.74) is 0.834. The predicted molar refractivity (Wildman–Crippen MR) is 76.7 cm³/mol. The van der Waals surface area contributed by atoms with Crippen molar-refractivity contribution in [3.8, 4) is 5.75 Å². The molecule has 2 N–H and O–H groups in total. The molecule has 0 aliphatic carbocycles. The van der Waals surface area contributed by atoms with Gasteiger partial charge in [0.25, 0.3) is 0 Å². The van der Waals surface area contributed by atoms with E-state index in [4.69, 9.17) is 17.0 Å². The van der Waals surface area contributed by atoms with E-state index >= 15 is 0 Å². The molecule has 0 fully saturated rings. The van der Waals surface area contributed by atoms with E-state index in [1.165, 1.54) is 0 Å². The molecule has 0 amide bonds. The highest BCUT2D eigenvalue weighted by Crippen LogP contribution is 2.23. The zero-order valence-corrected chi connectivity index (χ0v) is 11.6. The lowest BCUT2D eigenvalue weighted by Crippen LogP contribution is -2.42. The Morgan fingerprint density at radius 3 is 2.53 bits per heavy atom. The number of ether oxygens (including phenoxy) is 1. The molecule has 0 spiro atoms. The molecule has 0 bridgehead atoms. The van der Waals surface area contributed by atoms with Crippen LogP contribution in [0.1, 0.15) is 27.7 Å². The Morgan fingerprint density at radius 1 is 1.29 bits per heavy atom. The lowest BCUT2D eigenvalue weighted by atomic mass is 10.1. The largest absolute Gasteiger partial charge is 0.492 e. The van der Waals surface area contributed by atoms with Gasteiger partial charge in [0, 0.05) is 5.54 Å². The maximum Gasteiger partial charge on any atom is 0.171 e. The fraction of sp³-hybridized carbons (Fsp3) is 0.462. The molecule has 0 aliphatic heterocycles. The fourth-order valence-corrected chi connectivity index (χ4v) is 1.76. The van der Waals surface area contributed by atoms with Gasteiger partial charge < -0.3 is 15.4 Å². The quantitative estimate of drug-likeness (QED) is 0.810. The topological polar surface area (TPSA) is 33.3 Å². The Morgan fingerprint density at radius 2 is 1.94 bits per heavy atom. The molecular formula is C13H20N2OS. The standard InChI is InChI=1S/C13H20N2OS/c1-5-16-11-9-7-6-8-10(11)14-12(17)15-13(2,3)4/h6-9H,5H2,1-4H3,(H2,14,15,17). The molecule has 1 aromatic carbocycles.